The van der Waals surface area contributed by atoms with Crippen LogP contribution in [0.25, 0.3) is 0 Å². The van der Waals surface area contributed by atoms with Crippen LogP contribution in [0.3, 0.4) is 0 Å². The molecule has 2 aliphatic rings. The molecule has 0 radical (unpaired) electrons. The van der Waals surface area contributed by atoms with Gasteiger partial charge in [-0.2, -0.15) is 4.98 Å². The molecule has 1 fully saturated rings. The van der Waals surface area contributed by atoms with Gasteiger partial charge in [-0.3, -0.25) is 13.6 Å². The van der Waals surface area contributed by atoms with E-state index in [9.17, 15) is 22.4 Å². The first-order valence-corrected chi connectivity index (χ1v) is 10.2. The first kappa shape index (κ1) is 23.7. The molecule has 170 valence electrons. The molecule has 0 bridgehead atoms. The molecule has 0 amide bonds. The molecule has 8 nitrogen and oxygen atoms in total. The molecule has 1 aromatic carbocycles. The molecule has 3 heterocycles. The van der Waals surface area contributed by atoms with Crippen molar-refractivity contribution in [2.45, 2.75) is 31.3 Å². The molecule has 31 heavy (non-hydrogen) atoms. The van der Waals surface area contributed by atoms with E-state index in [1.165, 1.54) is 0 Å². The molecule has 4 rings (SSSR count). The SMILES string of the molecule is FCF.Nc1nc(=O)n(C2CC(F)(F)C(COP3OCc4ccccc4O3)O2)cc1Cl. The number of anilines is 1. The molecule has 2 aromatic rings. The van der Waals surface area contributed by atoms with Gasteiger partial charge in [0.25, 0.3) is 5.92 Å². The van der Waals surface area contributed by atoms with E-state index in [-0.39, 0.29) is 17.4 Å². The molecule has 1 saturated heterocycles. The van der Waals surface area contributed by atoms with Crippen molar-refractivity contribution in [3.8, 4) is 5.75 Å². The molecule has 0 spiro atoms. The van der Waals surface area contributed by atoms with Crippen molar-refractivity contribution in [1.29, 1.82) is 0 Å². The van der Waals surface area contributed by atoms with Gasteiger partial charge in [-0.25, -0.2) is 22.4 Å². The minimum atomic E-state index is -3.24. The Morgan fingerprint density at radius 3 is 2.81 bits per heavy atom. The zero-order valence-corrected chi connectivity index (χ0v) is 17.4. The Kier molecular flexibility index (Phi) is 7.71. The van der Waals surface area contributed by atoms with E-state index < -0.39 is 52.5 Å². The molecule has 3 unspecified atom stereocenters. The van der Waals surface area contributed by atoms with Crippen LogP contribution in [-0.4, -0.2) is 35.1 Å². The normalized spacial score (nSPS) is 24.0. The van der Waals surface area contributed by atoms with Crippen LogP contribution in [0.5, 0.6) is 5.75 Å². The summed E-state index contributed by atoms with van der Waals surface area (Å²) in [6.07, 6.45) is -2.44. The van der Waals surface area contributed by atoms with Gasteiger partial charge in [0, 0.05) is 11.8 Å². The maximum absolute atomic E-state index is 14.4. The van der Waals surface area contributed by atoms with E-state index in [2.05, 4.69) is 4.98 Å². The number of hydrogen-bond acceptors (Lipinski definition) is 7. The van der Waals surface area contributed by atoms with Crippen LogP contribution in [0, 0.1) is 0 Å². The lowest BCUT2D eigenvalue weighted by molar-refractivity contribution is -0.0994. The number of nitrogen functional groups attached to an aromatic ring is 1. The number of aromatic nitrogens is 2. The van der Waals surface area contributed by atoms with Gasteiger partial charge in [0.05, 0.1) is 24.7 Å². The molecule has 1 aromatic heterocycles. The smallest absolute Gasteiger partial charge is 0.397 e. The zero-order valence-electron chi connectivity index (χ0n) is 15.7. The summed E-state index contributed by atoms with van der Waals surface area (Å²) in [4.78, 5) is 15.4. The number of alkyl halides is 4. The third-order valence-corrected chi connectivity index (χ3v) is 5.62. The molecular weight excluding hydrogens is 469 g/mol. The van der Waals surface area contributed by atoms with Gasteiger partial charge in [-0.05, 0) is 6.07 Å². The van der Waals surface area contributed by atoms with Crippen LogP contribution in [0.1, 0.15) is 18.2 Å². The third kappa shape index (κ3) is 5.64. The van der Waals surface area contributed by atoms with Gasteiger partial charge >= 0.3 is 14.3 Å². The summed E-state index contributed by atoms with van der Waals surface area (Å²) in [5.74, 6) is -2.82. The topological polar surface area (TPSA) is 97.8 Å². The van der Waals surface area contributed by atoms with Crippen molar-refractivity contribution in [3.05, 3.63) is 51.5 Å². The van der Waals surface area contributed by atoms with Gasteiger partial charge in [0.1, 0.15) is 23.9 Å². The average Bonchev–Trinajstić information content (AvgIpc) is 3.03. The number of rotatable bonds is 4. The van der Waals surface area contributed by atoms with Gasteiger partial charge in [-0.15, -0.1) is 0 Å². The fourth-order valence-corrected chi connectivity index (χ4v) is 3.99. The highest BCUT2D eigenvalue weighted by molar-refractivity contribution is 7.42. The van der Waals surface area contributed by atoms with Crippen LogP contribution < -0.4 is 15.9 Å². The lowest BCUT2D eigenvalue weighted by Crippen LogP contribution is -2.32. The molecular formula is C17H17ClF4N3O5P. The number of nitrogens with two attached hydrogens (primary N) is 1. The summed E-state index contributed by atoms with van der Waals surface area (Å²) in [5.41, 5.74) is 5.46. The van der Waals surface area contributed by atoms with Gasteiger partial charge in [-0.1, -0.05) is 29.8 Å². The van der Waals surface area contributed by atoms with Crippen LogP contribution in [0.2, 0.25) is 5.02 Å². The Balaban J connectivity index is 0.000000858. The van der Waals surface area contributed by atoms with Crippen LogP contribution in [-0.2, 0) is 20.4 Å². The van der Waals surface area contributed by atoms with E-state index in [4.69, 9.17) is 35.6 Å². The first-order valence-electron chi connectivity index (χ1n) is 8.76. The van der Waals surface area contributed by atoms with Crippen molar-refractivity contribution >= 4 is 26.0 Å². The number of nitrogens with zero attached hydrogens (tertiary/aromatic N) is 2. The van der Waals surface area contributed by atoms with Crippen molar-refractivity contribution in [1.82, 2.24) is 9.55 Å². The lowest BCUT2D eigenvalue weighted by Gasteiger charge is -2.25. The second-order valence-corrected chi connectivity index (χ2v) is 7.85. The monoisotopic (exact) mass is 485 g/mol. The summed E-state index contributed by atoms with van der Waals surface area (Å²) < 4.78 is 70.6. The molecule has 2 N–H and O–H groups in total. The Morgan fingerprint density at radius 2 is 2.06 bits per heavy atom. The number of para-hydroxylation sites is 1. The highest BCUT2D eigenvalue weighted by Gasteiger charge is 2.51. The van der Waals surface area contributed by atoms with Crippen molar-refractivity contribution in [2.75, 3.05) is 19.3 Å². The molecule has 14 heteroatoms. The summed E-state index contributed by atoms with van der Waals surface area (Å²) in [7, 11) is -1.83. The van der Waals surface area contributed by atoms with E-state index in [1.54, 1.807) is 12.1 Å². The Labute approximate surface area is 179 Å². The maximum Gasteiger partial charge on any atom is 0.397 e. The molecule has 2 aliphatic heterocycles. The van der Waals surface area contributed by atoms with Crippen molar-refractivity contribution in [3.63, 3.8) is 0 Å². The predicted octanol–water partition coefficient (Wildman–Crippen LogP) is 4.14. The average molecular weight is 486 g/mol. The van der Waals surface area contributed by atoms with E-state index in [1.807, 2.05) is 12.1 Å². The van der Waals surface area contributed by atoms with E-state index >= 15 is 0 Å². The van der Waals surface area contributed by atoms with Crippen molar-refractivity contribution in [2.24, 2.45) is 0 Å². The highest BCUT2D eigenvalue weighted by atomic mass is 35.5. The second-order valence-electron chi connectivity index (χ2n) is 6.30. The highest BCUT2D eigenvalue weighted by Crippen LogP contribution is 2.49. The fourth-order valence-electron chi connectivity index (χ4n) is 2.82. The zero-order chi connectivity index (χ0) is 22.6. The minimum absolute atomic E-state index is 0.0302. The number of benzene rings is 1. The maximum atomic E-state index is 14.4. The van der Waals surface area contributed by atoms with Crippen LogP contribution >= 0.6 is 20.2 Å². The number of ether oxygens (including phenoxy) is 1. The largest absolute Gasteiger partial charge is 0.426 e. The predicted molar refractivity (Wildman–Crippen MR) is 103 cm³/mol. The Morgan fingerprint density at radius 1 is 1.35 bits per heavy atom. The summed E-state index contributed by atoms with van der Waals surface area (Å²) in [6, 6.07) is 7.22. The number of halogens is 5. The summed E-state index contributed by atoms with van der Waals surface area (Å²) in [5, 5.41) is -0.0302. The summed E-state index contributed by atoms with van der Waals surface area (Å²) in [6.45, 7) is -1.96. The molecule has 3 atom stereocenters. The Bertz CT molecular complexity index is 970. The minimum Gasteiger partial charge on any atom is -0.426 e. The second kappa shape index (κ2) is 10.1. The quantitative estimate of drug-likeness (QED) is 0.513. The number of fused-ring (bicyclic) bond motifs is 1. The van der Waals surface area contributed by atoms with Gasteiger partial charge in [0.2, 0.25) is 6.93 Å². The Hall–Kier alpha value is -1.98. The van der Waals surface area contributed by atoms with Crippen molar-refractivity contribution < 1.29 is 35.9 Å². The standard InChI is InChI=1S/C16H15ClF2N3O5P.CH2F2/c17-10-6-22(15(23)21-14(10)20)13-5-16(18,19)12(26-13)8-25-28-24-7-9-3-1-2-4-11(9)27-28;2-1-3/h1-4,6,12-13H,5,7-8H2,(H2,20,21,23);1H2. The van der Waals surface area contributed by atoms with Crippen LogP contribution in [0.15, 0.2) is 35.3 Å². The third-order valence-electron chi connectivity index (χ3n) is 4.29. The molecule has 0 aliphatic carbocycles. The molecule has 0 saturated carbocycles. The first-order chi connectivity index (χ1) is 14.7. The number of hydrogen-bond donors (Lipinski definition) is 1. The fraction of sp³-hybridized carbons (Fsp3) is 0.412. The van der Waals surface area contributed by atoms with Gasteiger partial charge in [0.15, 0.2) is 0 Å². The summed E-state index contributed by atoms with van der Waals surface area (Å²) >= 11 is 5.83. The van der Waals surface area contributed by atoms with E-state index in [0.29, 0.717) is 5.75 Å². The lowest BCUT2D eigenvalue weighted by atomic mass is 10.2. The van der Waals surface area contributed by atoms with Gasteiger partial charge < -0.3 is 15.0 Å². The van der Waals surface area contributed by atoms with E-state index in [0.717, 1.165) is 16.3 Å². The van der Waals surface area contributed by atoms with Crippen LogP contribution in [0.4, 0.5) is 23.4 Å².